The van der Waals surface area contributed by atoms with E-state index in [9.17, 15) is 4.39 Å². The lowest BCUT2D eigenvalue weighted by molar-refractivity contribution is 0.408. The average molecular weight is 379 g/mol. The van der Waals surface area contributed by atoms with Crippen LogP contribution in [0.25, 0.3) is 0 Å². The van der Waals surface area contributed by atoms with E-state index in [0.29, 0.717) is 10.8 Å². The molecule has 1 atom stereocenters. The average Bonchev–Trinajstić information content (AvgIpc) is 2.69. The number of anilines is 2. The Bertz CT molecular complexity index is 1000. The number of rotatable bonds is 3. The van der Waals surface area contributed by atoms with Gasteiger partial charge in [0.05, 0.1) is 13.0 Å². The van der Waals surface area contributed by atoms with Gasteiger partial charge in [0.15, 0.2) is 5.05 Å². The minimum atomic E-state index is -0.315. The van der Waals surface area contributed by atoms with Crippen molar-refractivity contribution in [2.24, 2.45) is 0 Å². The number of ether oxygens (including phenoxy) is 2. The first kappa shape index (κ1) is 17.5. The van der Waals surface area contributed by atoms with Crippen molar-refractivity contribution in [3.05, 3.63) is 83.7 Å². The first-order chi connectivity index (χ1) is 13.1. The first-order valence-corrected chi connectivity index (χ1v) is 8.98. The van der Waals surface area contributed by atoms with Crippen molar-refractivity contribution in [2.75, 3.05) is 19.1 Å². The molecule has 0 saturated carbocycles. The predicted molar refractivity (Wildman–Crippen MR) is 109 cm³/mol. The van der Waals surface area contributed by atoms with Gasteiger partial charge < -0.3 is 14.4 Å². The van der Waals surface area contributed by atoms with Gasteiger partial charge >= 0.3 is 0 Å². The Hall–Kier alpha value is -2.92. The Kier molecular flexibility index (Phi) is 4.54. The molecule has 0 amide bonds. The second-order valence-electron chi connectivity index (χ2n) is 6.32. The summed E-state index contributed by atoms with van der Waals surface area (Å²) in [5, 5.41) is 0.396. The summed E-state index contributed by atoms with van der Waals surface area (Å²) >= 11 is 5.70. The van der Waals surface area contributed by atoms with E-state index in [1.54, 1.807) is 19.2 Å². The second-order valence-corrected chi connectivity index (χ2v) is 6.72. The molecular weight excluding hydrogens is 361 g/mol. The van der Waals surface area contributed by atoms with Crippen LogP contribution in [-0.4, -0.2) is 19.2 Å². The predicted octanol–water partition coefficient (Wildman–Crippen LogP) is 5.45. The van der Waals surface area contributed by atoms with Crippen LogP contribution in [0.5, 0.6) is 11.5 Å². The molecule has 27 heavy (non-hydrogen) atoms. The van der Waals surface area contributed by atoms with E-state index < -0.39 is 0 Å². The van der Waals surface area contributed by atoms with Crippen LogP contribution in [0.3, 0.4) is 0 Å². The van der Waals surface area contributed by atoms with Crippen molar-refractivity contribution in [1.82, 2.24) is 0 Å². The van der Waals surface area contributed by atoms with E-state index in [-0.39, 0.29) is 11.7 Å². The molecular formula is C22H18FNO2S. The number of methoxy groups -OCH3 is 1. The number of hydrogen-bond acceptors (Lipinski definition) is 4. The van der Waals surface area contributed by atoms with E-state index in [1.165, 1.54) is 12.1 Å². The highest BCUT2D eigenvalue weighted by molar-refractivity contribution is 7.80. The van der Waals surface area contributed by atoms with Gasteiger partial charge in [-0.05, 0) is 60.2 Å². The largest absolute Gasteiger partial charge is 0.496 e. The summed E-state index contributed by atoms with van der Waals surface area (Å²) in [4.78, 5) is 2.13. The third-order valence-corrected chi connectivity index (χ3v) is 5.11. The van der Waals surface area contributed by atoms with Gasteiger partial charge in [0.1, 0.15) is 17.3 Å². The maximum absolute atomic E-state index is 13.2. The van der Waals surface area contributed by atoms with Crippen LogP contribution in [0.15, 0.2) is 66.7 Å². The molecule has 4 rings (SSSR count). The third-order valence-electron chi connectivity index (χ3n) is 4.79. The topological polar surface area (TPSA) is 21.7 Å². The Morgan fingerprint density at radius 2 is 1.67 bits per heavy atom. The van der Waals surface area contributed by atoms with Crippen molar-refractivity contribution in [3.63, 3.8) is 0 Å². The Labute approximate surface area is 163 Å². The lowest BCUT2D eigenvalue weighted by atomic mass is 9.85. The van der Waals surface area contributed by atoms with Gasteiger partial charge in [-0.1, -0.05) is 24.3 Å². The molecule has 1 aliphatic rings. The molecule has 1 aliphatic heterocycles. The molecule has 5 heteroatoms. The van der Waals surface area contributed by atoms with E-state index in [2.05, 4.69) is 11.0 Å². The summed E-state index contributed by atoms with van der Waals surface area (Å²) in [6.45, 7) is 0. The van der Waals surface area contributed by atoms with Gasteiger partial charge in [-0.15, -0.1) is 0 Å². The SMILES string of the molecule is COc1cccc2c1C(C(=S)Oc1ccc(F)cc1)c1ccccc1N2C. The fourth-order valence-electron chi connectivity index (χ4n) is 3.54. The molecule has 0 saturated heterocycles. The van der Waals surface area contributed by atoms with Crippen LogP contribution in [0.2, 0.25) is 0 Å². The van der Waals surface area contributed by atoms with Gasteiger partial charge in [0.25, 0.3) is 0 Å². The number of para-hydroxylation sites is 1. The van der Waals surface area contributed by atoms with Gasteiger partial charge in [-0.3, -0.25) is 0 Å². The first-order valence-electron chi connectivity index (χ1n) is 8.57. The third kappa shape index (κ3) is 3.04. The molecule has 3 aromatic carbocycles. The van der Waals surface area contributed by atoms with Gasteiger partial charge in [0.2, 0.25) is 0 Å². The smallest absolute Gasteiger partial charge is 0.179 e. The number of nitrogens with zero attached hydrogens (tertiary/aromatic N) is 1. The normalized spacial score (nSPS) is 14.9. The summed E-state index contributed by atoms with van der Waals surface area (Å²) in [5.41, 5.74) is 4.09. The lowest BCUT2D eigenvalue weighted by Crippen LogP contribution is -2.28. The van der Waals surface area contributed by atoms with E-state index in [0.717, 1.165) is 28.3 Å². The zero-order valence-electron chi connectivity index (χ0n) is 15.0. The fraction of sp³-hybridized carbons (Fsp3) is 0.136. The van der Waals surface area contributed by atoms with Crippen molar-refractivity contribution < 1.29 is 13.9 Å². The standard InChI is InChI=1S/C22H18FNO2S/c1-24-17-7-4-3-6-16(17)20(21-18(24)8-5-9-19(21)25-2)22(27)26-15-12-10-14(23)11-13-15/h3-13,20H,1-2H3. The molecule has 0 N–H and O–H groups in total. The van der Waals surface area contributed by atoms with Crippen LogP contribution in [0.1, 0.15) is 17.0 Å². The zero-order valence-corrected chi connectivity index (χ0v) is 15.8. The van der Waals surface area contributed by atoms with Crippen molar-refractivity contribution in [2.45, 2.75) is 5.92 Å². The highest BCUT2D eigenvalue weighted by Gasteiger charge is 2.35. The molecule has 3 nitrogen and oxygen atoms in total. The number of halogens is 1. The molecule has 0 aromatic heterocycles. The lowest BCUT2D eigenvalue weighted by Gasteiger charge is -2.36. The summed E-state index contributed by atoms with van der Waals surface area (Å²) in [6.07, 6.45) is 0. The molecule has 0 aliphatic carbocycles. The van der Waals surface area contributed by atoms with Crippen molar-refractivity contribution >= 4 is 28.6 Å². The molecule has 3 aromatic rings. The van der Waals surface area contributed by atoms with Crippen molar-refractivity contribution in [1.29, 1.82) is 0 Å². The van der Waals surface area contributed by atoms with Gasteiger partial charge in [-0.2, -0.15) is 0 Å². The summed E-state index contributed by atoms with van der Waals surface area (Å²) < 4.78 is 24.8. The van der Waals surface area contributed by atoms with Crippen LogP contribution >= 0.6 is 12.2 Å². The molecule has 0 spiro atoms. The Morgan fingerprint density at radius 3 is 2.41 bits per heavy atom. The number of benzene rings is 3. The Morgan fingerprint density at radius 1 is 0.963 bits per heavy atom. The molecule has 0 fully saturated rings. The number of fused-ring (bicyclic) bond motifs is 2. The zero-order chi connectivity index (χ0) is 19.0. The van der Waals surface area contributed by atoms with Gasteiger partial charge in [0, 0.05) is 24.0 Å². The van der Waals surface area contributed by atoms with E-state index in [4.69, 9.17) is 21.7 Å². The highest BCUT2D eigenvalue weighted by Crippen LogP contribution is 2.49. The second kappa shape index (κ2) is 7.00. The highest BCUT2D eigenvalue weighted by atomic mass is 32.1. The maximum atomic E-state index is 13.2. The minimum absolute atomic E-state index is 0.274. The van der Waals surface area contributed by atoms with Crippen LogP contribution in [0, 0.1) is 5.82 Å². The molecule has 1 unspecified atom stereocenters. The monoisotopic (exact) mass is 379 g/mol. The van der Waals surface area contributed by atoms with Crippen LogP contribution in [0.4, 0.5) is 15.8 Å². The van der Waals surface area contributed by atoms with Crippen LogP contribution in [-0.2, 0) is 0 Å². The minimum Gasteiger partial charge on any atom is -0.496 e. The molecule has 136 valence electrons. The fourth-order valence-corrected chi connectivity index (χ4v) is 3.88. The summed E-state index contributed by atoms with van der Waals surface area (Å²) in [6, 6.07) is 19.9. The maximum Gasteiger partial charge on any atom is 0.179 e. The number of hydrogen-bond donors (Lipinski definition) is 0. The van der Waals surface area contributed by atoms with Gasteiger partial charge in [-0.25, -0.2) is 4.39 Å². The summed E-state index contributed by atoms with van der Waals surface area (Å²) in [5.74, 6) is 0.673. The molecule has 0 radical (unpaired) electrons. The molecule has 1 heterocycles. The molecule has 0 bridgehead atoms. The quantitative estimate of drug-likeness (QED) is 0.564. The van der Waals surface area contributed by atoms with E-state index in [1.807, 2.05) is 43.4 Å². The Balaban J connectivity index is 1.83. The number of thiocarbonyl (C=S) groups is 1. The van der Waals surface area contributed by atoms with Crippen molar-refractivity contribution in [3.8, 4) is 11.5 Å². The summed E-state index contributed by atoms with van der Waals surface area (Å²) in [7, 11) is 3.67. The van der Waals surface area contributed by atoms with Crippen LogP contribution < -0.4 is 14.4 Å². The van der Waals surface area contributed by atoms with E-state index >= 15 is 0 Å².